The van der Waals surface area contributed by atoms with E-state index in [0.29, 0.717) is 23.7 Å². The third kappa shape index (κ3) is 5.51. The van der Waals surface area contributed by atoms with E-state index >= 15 is 0 Å². The normalized spacial score (nSPS) is 15.7. The van der Waals surface area contributed by atoms with Crippen molar-refractivity contribution in [2.75, 3.05) is 24.1 Å². The molecule has 7 heteroatoms. The molecule has 2 aromatic carbocycles. The zero-order valence-corrected chi connectivity index (χ0v) is 26.9. The number of rotatable bonds is 8. The molecule has 0 radical (unpaired) electrons. The summed E-state index contributed by atoms with van der Waals surface area (Å²) >= 11 is 0. The molecule has 0 saturated heterocycles. The van der Waals surface area contributed by atoms with E-state index in [-0.39, 0.29) is 0 Å². The van der Waals surface area contributed by atoms with Gasteiger partial charge in [-0.2, -0.15) is 0 Å². The average Bonchev–Trinajstić information content (AvgIpc) is 3.54. The molecule has 0 fully saturated rings. The number of nitrogens with zero attached hydrogens (tertiary/aromatic N) is 5. The monoisotopic (exact) mass is 565 g/mol. The third-order valence-electron chi connectivity index (χ3n) is 8.18. The van der Waals surface area contributed by atoms with Crippen molar-refractivity contribution in [1.82, 2.24) is 26.1 Å². The second-order valence-corrected chi connectivity index (χ2v) is 12.7. The summed E-state index contributed by atoms with van der Waals surface area (Å²) in [6.45, 7) is 18.0. The van der Waals surface area contributed by atoms with E-state index in [0.717, 1.165) is 22.8 Å². The van der Waals surface area contributed by atoms with Crippen molar-refractivity contribution in [2.45, 2.75) is 79.1 Å². The SMILES string of the molecule is CC(C)c1cccc(C(C)C)c1N1C=C(c2cccc(C3=CN(c4c(C(C)C)cccc4C(C)C)NN3C)n2)N(C)N1. The standard InChI is InChI=1S/C35H47N7/c1-22(2)26-14-11-15-27(23(3)4)34(26)41-20-32(39(9)37-41)30-18-13-19-31(36-30)33-21-42(38-40(33)10)35-28(24(5)6)16-12-17-29(35)25(7)8/h11-25,37-38H,1-10H3. The Morgan fingerprint density at radius 2 is 0.810 bits per heavy atom. The minimum Gasteiger partial charge on any atom is -0.290 e. The highest BCUT2D eigenvalue weighted by molar-refractivity contribution is 5.75. The summed E-state index contributed by atoms with van der Waals surface area (Å²) in [5.41, 5.74) is 18.7. The Labute approximate surface area is 252 Å². The molecule has 3 heterocycles. The van der Waals surface area contributed by atoms with Crippen molar-refractivity contribution in [3.8, 4) is 0 Å². The number of para-hydroxylation sites is 2. The van der Waals surface area contributed by atoms with Gasteiger partial charge in [0.15, 0.2) is 0 Å². The van der Waals surface area contributed by atoms with Crippen LogP contribution < -0.4 is 21.1 Å². The van der Waals surface area contributed by atoms with Crippen LogP contribution in [0.2, 0.25) is 0 Å². The Hall–Kier alpha value is -3.81. The van der Waals surface area contributed by atoms with Crippen LogP contribution in [0.5, 0.6) is 0 Å². The third-order valence-corrected chi connectivity index (χ3v) is 8.18. The second kappa shape index (κ2) is 11.8. The van der Waals surface area contributed by atoms with Crippen molar-refractivity contribution in [3.05, 3.63) is 101 Å². The summed E-state index contributed by atoms with van der Waals surface area (Å²) in [4.78, 5) is 5.17. The topological polar surface area (TPSA) is 49.9 Å². The molecule has 0 aliphatic carbocycles. The molecule has 3 aromatic rings. The van der Waals surface area contributed by atoms with Crippen LogP contribution in [0.25, 0.3) is 11.4 Å². The minimum atomic E-state index is 0.405. The summed E-state index contributed by atoms with van der Waals surface area (Å²) in [7, 11) is 4.10. The predicted octanol–water partition coefficient (Wildman–Crippen LogP) is 7.92. The molecule has 222 valence electrons. The van der Waals surface area contributed by atoms with Crippen molar-refractivity contribution < 1.29 is 0 Å². The average molecular weight is 566 g/mol. The number of nitrogens with one attached hydrogen (secondary N) is 2. The molecule has 2 N–H and O–H groups in total. The Morgan fingerprint density at radius 3 is 1.12 bits per heavy atom. The Morgan fingerprint density at radius 1 is 0.500 bits per heavy atom. The van der Waals surface area contributed by atoms with Gasteiger partial charge in [0, 0.05) is 14.1 Å². The largest absolute Gasteiger partial charge is 0.290 e. The highest BCUT2D eigenvalue weighted by atomic mass is 15.8. The summed E-state index contributed by atoms with van der Waals surface area (Å²) in [5.74, 6) is 1.62. The molecular weight excluding hydrogens is 518 g/mol. The number of hydrogen-bond acceptors (Lipinski definition) is 7. The molecule has 0 atom stereocenters. The number of benzene rings is 2. The summed E-state index contributed by atoms with van der Waals surface area (Å²) in [5, 5.41) is 8.43. The van der Waals surface area contributed by atoms with Crippen molar-refractivity contribution >= 4 is 22.8 Å². The maximum atomic E-state index is 5.17. The van der Waals surface area contributed by atoms with Gasteiger partial charge in [-0.15, -0.1) is 11.1 Å². The van der Waals surface area contributed by atoms with Crippen LogP contribution in [0.4, 0.5) is 11.4 Å². The molecule has 1 aromatic heterocycles. The molecule has 2 aliphatic rings. The van der Waals surface area contributed by atoms with Crippen LogP contribution in [-0.2, 0) is 0 Å². The first-order valence-electron chi connectivity index (χ1n) is 15.2. The van der Waals surface area contributed by atoms with E-state index in [9.17, 15) is 0 Å². The van der Waals surface area contributed by atoms with Gasteiger partial charge in [0.1, 0.15) is 0 Å². The molecule has 0 saturated carbocycles. The maximum Gasteiger partial charge on any atom is 0.0969 e. The fraction of sp³-hybridized carbons (Fsp3) is 0.400. The van der Waals surface area contributed by atoms with Gasteiger partial charge in [-0.25, -0.2) is 4.98 Å². The van der Waals surface area contributed by atoms with E-state index in [2.05, 4.69) is 153 Å². The van der Waals surface area contributed by atoms with E-state index in [1.807, 2.05) is 14.1 Å². The molecule has 42 heavy (non-hydrogen) atoms. The molecular formula is C35H47N7. The van der Waals surface area contributed by atoms with Crippen LogP contribution >= 0.6 is 0 Å². The second-order valence-electron chi connectivity index (χ2n) is 12.7. The van der Waals surface area contributed by atoms with Gasteiger partial charge in [0.25, 0.3) is 0 Å². The van der Waals surface area contributed by atoms with Crippen molar-refractivity contribution in [2.24, 2.45) is 0 Å². The minimum absolute atomic E-state index is 0.405. The quantitative estimate of drug-likeness (QED) is 0.288. The van der Waals surface area contributed by atoms with Gasteiger partial charge in [-0.1, -0.05) is 97.9 Å². The Balaban J connectivity index is 1.52. The smallest absolute Gasteiger partial charge is 0.0969 e. The van der Waals surface area contributed by atoms with Gasteiger partial charge in [-0.3, -0.25) is 20.0 Å². The first-order valence-corrected chi connectivity index (χ1v) is 15.2. The van der Waals surface area contributed by atoms with E-state index in [1.54, 1.807) is 0 Å². The zero-order valence-electron chi connectivity index (χ0n) is 26.9. The Bertz CT molecular complexity index is 1340. The lowest BCUT2D eigenvalue weighted by molar-refractivity contribution is 0.371. The number of aromatic nitrogens is 1. The summed E-state index contributed by atoms with van der Waals surface area (Å²) in [6.07, 6.45) is 4.34. The Kier molecular flexibility index (Phi) is 8.35. The van der Waals surface area contributed by atoms with Gasteiger partial charge in [0.2, 0.25) is 0 Å². The van der Waals surface area contributed by atoms with Gasteiger partial charge < -0.3 is 0 Å². The zero-order chi connectivity index (χ0) is 30.3. The molecule has 0 unspecified atom stereocenters. The summed E-state index contributed by atoms with van der Waals surface area (Å²) < 4.78 is 0. The van der Waals surface area contributed by atoms with Crippen molar-refractivity contribution in [1.29, 1.82) is 0 Å². The number of anilines is 2. The lowest BCUT2D eigenvalue weighted by atomic mass is 9.92. The van der Waals surface area contributed by atoms with Crippen molar-refractivity contribution in [3.63, 3.8) is 0 Å². The lowest BCUT2D eigenvalue weighted by Gasteiger charge is -2.28. The number of hydrazine groups is 4. The molecule has 0 amide bonds. The fourth-order valence-electron chi connectivity index (χ4n) is 5.91. The molecule has 7 nitrogen and oxygen atoms in total. The van der Waals surface area contributed by atoms with E-state index in [1.165, 1.54) is 33.6 Å². The van der Waals surface area contributed by atoms with Crippen LogP contribution in [0.3, 0.4) is 0 Å². The molecule has 2 aliphatic heterocycles. The highest BCUT2D eigenvalue weighted by Crippen LogP contribution is 2.39. The lowest BCUT2D eigenvalue weighted by Crippen LogP contribution is -2.39. The molecule has 0 spiro atoms. The first kappa shape index (κ1) is 29.7. The first-order chi connectivity index (χ1) is 20.0. The predicted molar refractivity (Wildman–Crippen MR) is 176 cm³/mol. The van der Waals surface area contributed by atoms with Crippen LogP contribution in [0.1, 0.15) is 113 Å². The van der Waals surface area contributed by atoms with Gasteiger partial charge in [0.05, 0.1) is 46.6 Å². The van der Waals surface area contributed by atoms with E-state index < -0.39 is 0 Å². The highest BCUT2D eigenvalue weighted by Gasteiger charge is 2.29. The van der Waals surface area contributed by atoms with Crippen LogP contribution in [-0.4, -0.2) is 29.1 Å². The maximum absolute atomic E-state index is 5.17. The summed E-state index contributed by atoms with van der Waals surface area (Å²) in [6, 6.07) is 19.6. The number of pyridine rings is 1. The van der Waals surface area contributed by atoms with Gasteiger partial charge >= 0.3 is 0 Å². The van der Waals surface area contributed by atoms with Gasteiger partial charge in [-0.05, 0) is 58.1 Å². The van der Waals surface area contributed by atoms with Crippen LogP contribution in [0, 0.1) is 0 Å². The van der Waals surface area contributed by atoms with Crippen LogP contribution in [0.15, 0.2) is 67.0 Å². The number of hydrogen-bond donors (Lipinski definition) is 2. The molecule has 5 rings (SSSR count). The fourth-order valence-corrected chi connectivity index (χ4v) is 5.91. The van der Waals surface area contributed by atoms with E-state index in [4.69, 9.17) is 4.98 Å². The molecule has 0 bridgehead atoms.